The number of nitrogen functional groups attached to an aromatic ring is 1. The van der Waals surface area contributed by atoms with Crippen molar-refractivity contribution in [3.8, 4) is 0 Å². The van der Waals surface area contributed by atoms with E-state index in [1.54, 1.807) is 6.20 Å². The van der Waals surface area contributed by atoms with Gasteiger partial charge >= 0.3 is 0 Å². The maximum absolute atomic E-state index is 5.80. The van der Waals surface area contributed by atoms with Crippen LogP contribution in [0.15, 0.2) is 6.20 Å². The summed E-state index contributed by atoms with van der Waals surface area (Å²) >= 11 is 0. The van der Waals surface area contributed by atoms with E-state index in [0.29, 0.717) is 12.4 Å². The van der Waals surface area contributed by atoms with Crippen LogP contribution in [0.3, 0.4) is 0 Å². The minimum absolute atomic E-state index is 0.501. The van der Waals surface area contributed by atoms with Gasteiger partial charge in [-0.15, -0.1) is 0 Å². The molecule has 0 saturated heterocycles. The molecule has 1 aliphatic heterocycles. The minimum Gasteiger partial charge on any atom is -0.397 e. The molecule has 76 valence electrons. The third-order valence-electron chi connectivity index (χ3n) is 2.56. The first-order valence-corrected chi connectivity index (χ1v) is 4.68. The molecule has 0 aliphatic carbocycles. The van der Waals surface area contributed by atoms with Crippen molar-refractivity contribution < 1.29 is 0 Å². The Morgan fingerprint density at radius 2 is 2.43 bits per heavy atom. The van der Waals surface area contributed by atoms with Gasteiger partial charge in [-0.2, -0.15) is 0 Å². The molecule has 0 radical (unpaired) electrons. The summed E-state index contributed by atoms with van der Waals surface area (Å²) < 4.78 is 0. The van der Waals surface area contributed by atoms with Crippen molar-refractivity contribution in [2.24, 2.45) is 5.73 Å². The highest BCUT2D eigenvalue weighted by Gasteiger charge is 2.19. The number of pyridine rings is 1. The molecule has 0 unspecified atom stereocenters. The highest BCUT2D eigenvalue weighted by molar-refractivity contribution is 5.76. The van der Waals surface area contributed by atoms with Crippen molar-refractivity contribution in [1.82, 2.24) is 4.98 Å². The van der Waals surface area contributed by atoms with Gasteiger partial charge in [-0.25, -0.2) is 4.98 Å². The van der Waals surface area contributed by atoms with E-state index < -0.39 is 0 Å². The number of nitrogens with zero attached hydrogens (tertiary/aromatic N) is 2. The number of fused-ring (bicyclic) bond motifs is 1. The maximum atomic E-state index is 5.80. The lowest BCUT2D eigenvalue weighted by Gasteiger charge is -2.31. The molecule has 1 aromatic rings. The van der Waals surface area contributed by atoms with Crippen molar-refractivity contribution >= 4 is 17.2 Å². The molecule has 14 heavy (non-hydrogen) atoms. The van der Waals surface area contributed by atoms with Crippen LogP contribution in [0.5, 0.6) is 0 Å². The van der Waals surface area contributed by atoms with Crippen molar-refractivity contribution in [2.45, 2.75) is 6.92 Å². The maximum Gasteiger partial charge on any atom is 0.150 e. The zero-order valence-electron chi connectivity index (χ0n) is 8.25. The standard InChI is InChI=1S/C9H15N5/c1-6-7(11)4-13-9-8(6)14(5-10)3-2-12-9/h4H,2-3,5,10-11H2,1H3,(H,12,13). The molecular formula is C9H15N5. The quantitative estimate of drug-likeness (QED) is 0.590. The van der Waals surface area contributed by atoms with E-state index in [-0.39, 0.29) is 0 Å². The molecule has 2 rings (SSSR count). The average Bonchev–Trinajstić information content (AvgIpc) is 2.23. The first-order valence-electron chi connectivity index (χ1n) is 4.68. The van der Waals surface area contributed by atoms with Crippen LogP contribution in [0.4, 0.5) is 17.2 Å². The van der Waals surface area contributed by atoms with E-state index in [1.165, 1.54) is 0 Å². The van der Waals surface area contributed by atoms with Crippen LogP contribution < -0.4 is 21.7 Å². The molecule has 0 fully saturated rings. The van der Waals surface area contributed by atoms with Crippen LogP contribution in [0.25, 0.3) is 0 Å². The first-order chi connectivity index (χ1) is 6.74. The third kappa shape index (κ3) is 1.26. The van der Waals surface area contributed by atoms with E-state index in [4.69, 9.17) is 11.5 Å². The molecule has 5 nitrogen and oxygen atoms in total. The lowest BCUT2D eigenvalue weighted by atomic mass is 10.1. The second kappa shape index (κ2) is 3.34. The Bertz CT molecular complexity index is 349. The van der Waals surface area contributed by atoms with E-state index in [0.717, 1.165) is 30.2 Å². The number of anilines is 3. The highest BCUT2D eigenvalue weighted by Crippen LogP contribution is 2.32. The van der Waals surface area contributed by atoms with Crippen LogP contribution in [0.1, 0.15) is 5.56 Å². The van der Waals surface area contributed by atoms with Crippen LogP contribution in [-0.4, -0.2) is 24.7 Å². The molecule has 0 bridgehead atoms. The molecule has 5 N–H and O–H groups in total. The summed E-state index contributed by atoms with van der Waals surface area (Å²) in [5, 5.41) is 3.23. The number of aromatic nitrogens is 1. The molecule has 2 heterocycles. The van der Waals surface area contributed by atoms with Crippen LogP contribution in [-0.2, 0) is 0 Å². The Hall–Kier alpha value is -1.49. The highest BCUT2D eigenvalue weighted by atomic mass is 15.2. The summed E-state index contributed by atoms with van der Waals surface area (Å²) in [6.45, 7) is 4.27. The van der Waals surface area contributed by atoms with Gasteiger partial charge in [0.25, 0.3) is 0 Å². The molecule has 0 atom stereocenters. The monoisotopic (exact) mass is 193 g/mol. The molecular weight excluding hydrogens is 178 g/mol. The summed E-state index contributed by atoms with van der Waals surface area (Å²) in [7, 11) is 0. The minimum atomic E-state index is 0.501. The topological polar surface area (TPSA) is 80.2 Å². The SMILES string of the molecule is Cc1c(N)cnc2c1N(CN)CCN2. The molecule has 0 saturated carbocycles. The van der Waals surface area contributed by atoms with Crippen LogP contribution >= 0.6 is 0 Å². The molecule has 5 heteroatoms. The van der Waals surface area contributed by atoms with Gasteiger partial charge in [0.1, 0.15) is 5.82 Å². The van der Waals surface area contributed by atoms with Gasteiger partial charge in [0.15, 0.2) is 0 Å². The van der Waals surface area contributed by atoms with Crippen LogP contribution in [0, 0.1) is 6.92 Å². The fourth-order valence-electron chi connectivity index (χ4n) is 1.73. The van der Waals surface area contributed by atoms with Gasteiger partial charge in [0.2, 0.25) is 0 Å². The van der Waals surface area contributed by atoms with Crippen molar-refractivity contribution in [3.63, 3.8) is 0 Å². The first kappa shape index (κ1) is 9.08. The van der Waals surface area contributed by atoms with Crippen molar-refractivity contribution in [1.29, 1.82) is 0 Å². The Morgan fingerprint density at radius 3 is 3.14 bits per heavy atom. The Kier molecular flexibility index (Phi) is 2.17. The lowest BCUT2D eigenvalue weighted by Crippen LogP contribution is -2.39. The summed E-state index contributed by atoms with van der Waals surface area (Å²) in [4.78, 5) is 6.33. The van der Waals surface area contributed by atoms with Gasteiger partial charge in [-0.05, 0) is 6.92 Å². The Balaban J connectivity index is 2.53. The van der Waals surface area contributed by atoms with Gasteiger partial charge in [0, 0.05) is 18.7 Å². The Morgan fingerprint density at radius 1 is 1.64 bits per heavy atom. The molecule has 1 aliphatic rings. The molecule has 0 spiro atoms. The van der Waals surface area contributed by atoms with Gasteiger partial charge < -0.3 is 21.7 Å². The number of nitrogens with one attached hydrogen (secondary N) is 1. The normalized spacial score (nSPS) is 14.9. The summed E-state index contributed by atoms with van der Waals surface area (Å²) in [6, 6.07) is 0. The van der Waals surface area contributed by atoms with Gasteiger partial charge in [-0.1, -0.05) is 0 Å². The zero-order chi connectivity index (χ0) is 10.1. The van der Waals surface area contributed by atoms with Crippen molar-refractivity contribution in [2.75, 3.05) is 35.7 Å². The number of nitrogens with two attached hydrogens (primary N) is 2. The van der Waals surface area contributed by atoms with Gasteiger partial charge in [0.05, 0.1) is 24.2 Å². The number of hydrogen-bond donors (Lipinski definition) is 3. The summed E-state index contributed by atoms with van der Waals surface area (Å²) in [5.41, 5.74) is 14.3. The van der Waals surface area contributed by atoms with E-state index in [9.17, 15) is 0 Å². The zero-order valence-corrected chi connectivity index (χ0v) is 8.25. The van der Waals surface area contributed by atoms with Crippen LogP contribution in [0.2, 0.25) is 0 Å². The third-order valence-corrected chi connectivity index (χ3v) is 2.56. The largest absolute Gasteiger partial charge is 0.397 e. The lowest BCUT2D eigenvalue weighted by molar-refractivity contribution is 0.787. The smallest absolute Gasteiger partial charge is 0.150 e. The van der Waals surface area contributed by atoms with Gasteiger partial charge in [-0.3, -0.25) is 0 Å². The molecule has 1 aromatic heterocycles. The second-order valence-electron chi connectivity index (χ2n) is 3.41. The number of hydrogen-bond acceptors (Lipinski definition) is 5. The summed E-state index contributed by atoms with van der Waals surface area (Å²) in [6.07, 6.45) is 1.68. The predicted octanol–water partition coefficient (Wildman–Crippen LogP) is 0.120. The fourth-order valence-corrected chi connectivity index (χ4v) is 1.73. The molecule has 0 amide bonds. The second-order valence-corrected chi connectivity index (χ2v) is 3.41. The fraction of sp³-hybridized carbons (Fsp3) is 0.444. The van der Waals surface area contributed by atoms with E-state index in [2.05, 4.69) is 15.2 Å². The average molecular weight is 193 g/mol. The van der Waals surface area contributed by atoms with E-state index in [1.807, 2.05) is 6.92 Å². The van der Waals surface area contributed by atoms with Crippen molar-refractivity contribution in [3.05, 3.63) is 11.8 Å². The summed E-state index contributed by atoms with van der Waals surface area (Å²) in [5.74, 6) is 0.883. The van der Waals surface area contributed by atoms with E-state index >= 15 is 0 Å². The Labute approximate surface area is 83.1 Å². The molecule has 0 aromatic carbocycles. The predicted molar refractivity (Wildman–Crippen MR) is 58.3 cm³/mol. The number of rotatable bonds is 1.